The van der Waals surface area contributed by atoms with Gasteiger partial charge in [0.2, 0.25) is 0 Å². The summed E-state index contributed by atoms with van der Waals surface area (Å²) in [6.07, 6.45) is 2.66. The maximum atomic E-state index is 11.2. The highest BCUT2D eigenvalue weighted by Gasteiger charge is 2.13. The van der Waals surface area contributed by atoms with E-state index in [-0.39, 0.29) is 0 Å². The quantitative estimate of drug-likeness (QED) is 0.662. The number of carbonyl (C=O) groups is 1. The van der Waals surface area contributed by atoms with Gasteiger partial charge in [0.25, 0.3) is 0 Å². The minimum atomic E-state index is 0.559. The van der Waals surface area contributed by atoms with Gasteiger partial charge in [0.15, 0.2) is 11.2 Å². The van der Waals surface area contributed by atoms with Crippen LogP contribution in [0, 0.1) is 0 Å². The minimum absolute atomic E-state index is 0.559. The Morgan fingerprint density at radius 3 is 3.06 bits per heavy atom. The van der Waals surface area contributed by atoms with Crippen molar-refractivity contribution in [2.45, 2.75) is 0 Å². The number of thiazole rings is 1. The molecule has 0 atom stereocenters. The molecule has 3 rings (SSSR count). The molecule has 2 heterocycles. The number of fused-ring (bicyclic) bond motifs is 1. The van der Waals surface area contributed by atoms with Gasteiger partial charge in [-0.05, 0) is 12.1 Å². The lowest BCUT2D eigenvalue weighted by Crippen LogP contribution is -1.89. The van der Waals surface area contributed by atoms with E-state index in [1.807, 2.05) is 23.7 Å². The van der Waals surface area contributed by atoms with Crippen LogP contribution in [0.2, 0.25) is 5.02 Å². The van der Waals surface area contributed by atoms with Crippen molar-refractivity contribution in [1.82, 2.24) is 9.38 Å². The fourth-order valence-electron chi connectivity index (χ4n) is 1.76. The van der Waals surface area contributed by atoms with Crippen LogP contribution in [0.4, 0.5) is 0 Å². The van der Waals surface area contributed by atoms with E-state index in [2.05, 4.69) is 4.98 Å². The topological polar surface area (TPSA) is 34.4 Å². The number of hydrogen-bond acceptors (Lipinski definition) is 3. The molecule has 0 N–H and O–H groups in total. The monoisotopic (exact) mass is 262 g/mol. The molecule has 0 saturated heterocycles. The van der Waals surface area contributed by atoms with Gasteiger partial charge in [0.05, 0.1) is 0 Å². The first-order valence-corrected chi connectivity index (χ1v) is 6.22. The standard InChI is InChI=1S/C12H7ClN2OS/c13-9-3-1-2-8(6-9)11-10(7-16)15-4-5-17-12(15)14-11/h1-7H. The van der Waals surface area contributed by atoms with Crippen molar-refractivity contribution in [2.24, 2.45) is 0 Å². The molecule has 0 fully saturated rings. The molecule has 0 spiro atoms. The summed E-state index contributed by atoms with van der Waals surface area (Å²) in [5.41, 5.74) is 2.09. The van der Waals surface area contributed by atoms with Crippen LogP contribution in [0.1, 0.15) is 10.5 Å². The van der Waals surface area contributed by atoms with E-state index in [1.165, 1.54) is 11.3 Å². The zero-order valence-corrected chi connectivity index (χ0v) is 10.2. The van der Waals surface area contributed by atoms with Crippen molar-refractivity contribution >= 4 is 34.2 Å². The number of benzene rings is 1. The highest BCUT2D eigenvalue weighted by atomic mass is 35.5. The third-order valence-corrected chi connectivity index (χ3v) is 3.50. The van der Waals surface area contributed by atoms with E-state index in [4.69, 9.17) is 11.6 Å². The number of aromatic nitrogens is 2. The maximum absolute atomic E-state index is 11.2. The molecule has 0 aliphatic carbocycles. The molecule has 3 aromatic rings. The average molecular weight is 263 g/mol. The summed E-state index contributed by atoms with van der Waals surface area (Å²) in [5, 5.41) is 2.53. The number of rotatable bonds is 2. The van der Waals surface area contributed by atoms with Crippen LogP contribution in [0.5, 0.6) is 0 Å². The maximum Gasteiger partial charge on any atom is 0.194 e. The molecule has 3 nitrogen and oxygen atoms in total. The molecule has 0 aliphatic heterocycles. The lowest BCUT2D eigenvalue weighted by molar-refractivity contribution is 0.111. The molecule has 5 heteroatoms. The molecule has 0 bridgehead atoms. The zero-order chi connectivity index (χ0) is 11.8. The predicted octanol–water partition coefficient (Wildman–Crippen LogP) is 3.53. The highest BCUT2D eigenvalue weighted by molar-refractivity contribution is 7.15. The Balaban J connectivity index is 2.29. The summed E-state index contributed by atoms with van der Waals surface area (Å²) < 4.78 is 1.79. The van der Waals surface area contributed by atoms with E-state index in [1.54, 1.807) is 16.5 Å². The number of halogens is 1. The number of nitrogens with zero attached hydrogens (tertiary/aromatic N) is 2. The van der Waals surface area contributed by atoms with Crippen molar-refractivity contribution in [3.05, 3.63) is 46.6 Å². The van der Waals surface area contributed by atoms with Crippen molar-refractivity contribution in [1.29, 1.82) is 0 Å². The molecule has 84 valence electrons. The summed E-state index contributed by atoms with van der Waals surface area (Å²) in [4.78, 5) is 16.4. The van der Waals surface area contributed by atoms with Gasteiger partial charge in [-0.2, -0.15) is 0 Å². The van der Waals surface area contributed by atoms with E-state index in [0.29, 0.717) is 16.4 Å². The van der Waals surface area contributed by atoms with Gasteiger partial charge in [-0.25, -0.2) is 4.98 Å². The third-order valence-electron chi connectivity index (χ3n) is 2.51. The molecule has 0 aliphatic rings. The lowest BCUT2D eigenvalue weighted by atomic mass is 10.1. The Hall–Kier alpha value is -1.65. The number of hydrogen-bond donors (Lipinski definition) is 0. The Kier molecular flexibility index (Phi) is 2.46. The highest BCUT2D eigenvalue weighted by Crippen LogP contribution is 2.27. The number of carbonyl (C=O) groups excluding carboxylic acids is 1. The van der Waals surface area contributed by atoms with Gasteiger partial charge in [0.1, 0.15) is 11.4 Å². The third kappa shape index (κ3) is 1.66. The fraction of sp³-hybridized carbons (Fsp3) is 0. The zero-order valence-electron chi connectivity index (χ0n) is 8.63. The Morgan fingerprint density at radius 2 is 2.29 bits per heavy atom. The first kappa shape index (κ1) is 10.5. The Morgan fingerprint density at radius 1 is 1.41 bits per heavy atom. The second kappa shape index (κ2) is 3.98. The van der Waals surface area contributed by atoms with Crippen molar-refractivity contribution in [3.8, 4) is 11.3 Å². The second-order valence-corrected chi connectivity index (χ2v) is 4.84. The van der Waals surface area contributed by atoms with Crippen molar-refractivity contribution < 1.29 is 4.79 Å². The molecular formula is C12H7ClN2OS. The molecular weight excluding hydrogens is 256 g/mol. The molecule has 17 heavy (non-hydrogen) atoms. The van der Waals surface area contributed by atoms with E-state index >= 15 is 0 Å². The SMILES string of the molecule is O=Cc1c(-c2cccc(Cl)c2)nc2sccn12. The molecule has 0 saturated carbocycles. The molecule has 0 radical (unpaired) electrons. The normalized spacial score (nSPS) is 10.9. The lowest BCUT2D eigenvalue weighted by Gasteiger charge is -1.98. The summed E-state index contributed by atoms with van der Waals surface area (Å²) >= 11 is 7.44. The molecule has 0 unspecified atom stereocenters. The van der Waals surface area contributed by atoms with Gasteiger partial charge in [-0.1, -0.05) is 23.7 Å². The minimum Gasteiger partial charge on any atom is -0.296 e. The fourth-order valence-corrected chi connectivity index (χ4v) is 2.68. The van der Waals surface area contributed by atoms with Gasteiger partial charge in [-0.15, -0.1) is 11.3 Å². The summed E-state index contributed by atoms with van der Waals surface area (Å²) in [5.74, 6) is 0. The van der Waals surface area contributed by atoms with Crippen LogP contribution in [0.3, 0.4) is 0 Å². The van der Waals surface area contributed by atoms with Crippen molar-refractivity contribution in [3.63, 3.8) is 0 Å². The summed E-state index contributed by atoms with van der Waals surface area (Å²) in [7, 11) is 0. The van der Waals surface area contributed by atoms with E-state index < -0.39 is 0 Å². The number of aldehydes is 1. The van der Waals surface area contributed by atoms with Gasteiger partial charge >= 0.3 is 0 Å². The average Bonchev–Trinajstić information content (AvgIpc) is 2.88. The predicted molar refractivity (Wildman–Crippen MR) is 68.9 cm³/mol. The smallest absolute Gasteiger partial charge is 0.194 e. The van der Waals surface area contributed by atoms with Gasteiger partial charge in [0, 0.05) is 22.2 Å². The van der Waals surface area contributed by atoms with Crippen LogP contribution in [0.25, 0.3) is 16.2 Å². The first-order valence-electron chi connectivity index (χ1n) is 4.96. The molecule has 2 aromatic heterocycles. The molecule has 0 amide bonds. The van der Waals surface area contributed by atoms with Crippen LogP contribution in [-0.2, 0) is 0 Å². The van der Waals surface area contributed by atoms with Gasteiger partial charge < -0.3 is 0 Å². The summed E-state index contributed by atoms with van der Waals surface area (Å²) in [6.45, 7) is 0. The second-order valence-electron chi connectivity index (χ2n) is 3.53. The van der Waals surface area contributed by atoms with Crippen molar-refractivity contribution in [2.75, 3.05) is 0 Å². The van der Waals surface area contributed by atoms with Crippen LogP contribution >= 0.6 is 22.9 Å². The van der Waals surface area contributed by atoms with E-state index in [0.717, 1.165) is 16.8 Å². The Labute approximate surface area is 106 Å². The number of imidazole rings is 1. The van der Waals surface area contributed by atoms with Crippen LogP contribution < -0.4 is 0 Å². The molecule has 1 aromatic carbocycles. The van der Waals surface area contributed by atoms with Gasteiger partial charge in [-0.3, -0.25) is 9.20 Å². The largest absolute Gasteiger partial charge is 0.296 e. The van der Waals surface area contributed by atoms with Crippen LogP contribution in [0.15, 0.2) is 35.8 Å². The summed E-state index contributed by atoms with van der Waals surface area (Å²) in [6, 6.07) is 7.34. The van der Waals surface area contributed by atoms with Crippen LogP contribution in [-0.4, -0.2) is 15.7 Å². The Bertz CT molecular complexity index is 701. The first-order chi connectivity index (χ1) is 8.29. The van der Waals surface area contributed by atoms with E-state index in [9.17, 15) is 4.79 Å².